The van der Waals surface area contributed by atoms with Gasteiger partial charge in [0.2, 0.25) is 0 Å². The number of imidazole rings is 1. The van der Waals surface area contributed by atoms with E-state index in [0.29, 0.717) is 16.9 Å². The number of allylic oxidation sites excluding steroid dienone is 4. The van der Waals surface area contributed by atoms with E-state index in [2.05, 4.69) is 55.7 Å². The average Bonchev–Trinajstić information content (AvgIpc) is 3.20. The molecule has 0 bridgehead atoms. The third-order valence-electron chi connectivity index (χ3n) is 5.79. The van der Waals surface area contributed by atoms with Crippen molar-refractivity contribution in [3.8, 4) is 0 Å². The molecule has 3 heterocycles. The van der Waals surface area contributed by atoms with Gasteiger partial charge in [-0.25, -0.2) is 9.97 Å². The van der Waals surface area contributed by atoms with E-state index in [9.17, 15) is 0 Å². The molecule has 3 aromatic heterocycles. The van der Waals surface area contributed by atoms with E-state index >= 15 is 0 Å². The highest BCUT2D eigenvalue weighted by Gasteiger charge is 2.51. The van der Waals surface area contributed by atoms with E-state index in [4.69, 9.17) is 11.6 Å². The Hall–Kier alpha value is -2.45. The Morgan fingerprint density at radius 1 is 1.31 bits per heavy atom. The molecule has 2 aliphatic rings. The minimum Gasteiger partial charge on any atom is -0.328 e. The quantitative estimate of drug-likeness (QED) is 0.656. The van der Waals surface area contributed by atoms with Gasteiger partial charge in [0.15, 0.2) is 5.82 Å². The van der Waals surface area contributed by atoms with Gasteiger partial charge in [0.1, 0.15) is 15.7 Å². The molecule has 1 fully saturated rings. The fourth-order valence-corrected chi connectivity index (χ4v) is 5.00. The Labute approximate surface area is 177 Å². The first-order valence-corrected chi connectivity index (χ1v) is 10.7. The lowest BCUT2D eigenvalue weighted by Gasteiger charge is -2.28. The third kappa shape index (κ3) is 3.51. The van der Waals surface area contributed by atoms with Crippen molar-refractivity contribution in [3.63, 3.8) is 0 Å². The molecule has 1 N–H and O–H groups in total. The highest BCUT2D eigenvalue weighted by molar-refractivity contribution is 7.99. The number of nitrogens with zero attached hydrogens (tertiary/aromatic N) is 6. The van der Waals surface area contributed by atoms with Crippen molar-refractivity contribution < 1.29 is 0 Å². The summed E-state index contributed by atoms with van der Waals surface area (Å²) in [7, 11) is 2.01. The van der Waals surface area contributed by atoms with Gasteiger partial charge in [0, 0.05) is 19.2 Å². The zero-order valence-electron chi connectivity index (χ0n) is 16.1. The van der Waals surface area contributed by atoms with Gasteiger partial charge in [-0.15, -0.1) is 10.2 Å². The number of nitrogens with one attached hydrogen (secondary N) is 1. The molecule has 1 saturated carbocycles. The first kappa shape index (κ1) is 18.6. The molecule has 0 amide bonds. The lowest BCUT2D eigenvalue weighted by Crippen LogP contribution is -2.18. The summed E-state index contributed by atoms with van der Waals surface area (Å²) in [5.74, 6) is 1.78. The number of hydrogen-bond donors (Lipinski definition) is 1. The van der Waals surface area contributed by atoms with Crippen LogP contribution in [0.25, 0.3) is 5.57 Å². The van der Waals surface area contributed by atoms with E-state index in [-0.39, 0.29) is 5.41 Å². The summed E-state index contributed by atoms with van der Waals surface area (Å²) in [4.78, 5) is 9.05. The summed E-state index contributed by atoms with van der Waals surface area (Å²) < 4.78 is 2.03. The van der Waals surface area contributed by atoms with E-state index in [1.807, 2.05) is 30.1 Å². The largest absolute Gasteiger partial charge is 0.328 e. The van der Waals surface area contributed by atoms with Crippen LogP contribution in [0, 0.1) is 11.3 Å². The highest BCUT2D eigenvalue weighted by Crippen LogP contribution is 2.59. The fraction of sp³-hybridized carbons (Fsp3) is 0.350. The van der Waals surface area contributed by atoms with Gasteiger partial charge in [0.25, 0.3) is 0 Å². The molecule has 0 spiro atoms. The van der Waals surface area contributed by atoms with Gasteiger partial charge in [-0.05, 0) is 53.6 Å². The second kappa shape index (κ2) is 7.11. The summed E-state index contributed by atoms with van der Waals surface area (Å²) in [6.07, 6.45) is 12.4. The van der Waals surface area contributed by atoms with Crippen LogP contribution in [-0.2, 0) is 7.05 Å². The molecule has 3 unspecified atom stereocenters. The summed E-state index contributed by atoms with van der Waals surface area (Å²) in [6.45, 7) is 2.31. The first-order chi connectivity index (χ1) is 14.0. The van der Waals surface area contributed by atoms with Gasteiger partial charge in [-0.2, -0.15) is 5.21 Å². The molecule has 29 heavy (non-hydrogen) atoms. The molecule has 0 aromatic carbocycles. The van der Waals surface area contributed by atoms with Gasteiger partial charge >= 0.3 is 0 Å². The van der Waals surface area contributed by atoms with Crippen molar-refractivity contribution in [2.45, 2.75) is 35.7 Å². The van der Waals surface area contributed by atoms with Crippen molar-refractivity contribution in [1.82, 2.24) is 35.2 Å². The third-order valence-corrected chi connectivity index (χ3v) is 7.14. The second-order valence-electron chi connectivity index (χ2n) is 7.85. The average molecular weight is 426 g/mol. The molecule has 9 heteroatoms. The van der Waals surface area contributed by atoms with Crippen LogP contribution < -0.4 is 0 Å². The van der Waals surface area contributed by atoms with Crippen LogP contribution in [0.4, 0.5) is 0 Å². The molecule has 3 atom stereocenters. The number of H-pyrrole nitrogens is 1. The molecule has 0 radical (unpaired) electrons. The molecule has 3 aromatic rings. The van der Waals surface area contributed by atoms with E-state index in [1.165, 1.54) is 0 Å². The lowest BCUT2D eigenvalue weighted by atomic mass is 9.76. The molecule has 0 aliphatic heterocycles. The van der Waals surface area contributed by atoms with Crippen molar-refractivity contribution >= 4 is 28.9 Å². The van der Waals surface area contributed by atoms with Crippen LogP contribution in [0.3, 0.4) is 0 Å². The van der Waals surface area contributed by atoms with Gasteiger partial charge in [0.05, 0.1) is 11.3 Å². The van der Waals surface area contributed by atoms with Gasteiger partial charge < -0.3 is 4.57 Å². The number of aryl methyl sites for hydroxylation is 1. The number of pyridine rings is 1. The Kier molecular flexibility index (Phi) is 4.55. The standard InChI is InChI=1S/C20H20ClN7S/c1-20(15-9-14(15)18-24-26-27-25-18)7-5-12(6-8-20)17-19(28(2)11-23-17)29-16-4-3-13(21)10-22-16/h3-7,10-11,14-15H,8-9H2,1-2H3,(H,24,25,26,27). The minimum atomic E-state index is 0.106. The highest BCUT2D eigenvalue weighted by atomic mass is 35.5. The Balaban J connectivity index is 1.34. The maximum absolute atomic E-state index is 5.96. The normalized spacial score (nSPS) is 25.8. The maximum Gasteiger partial charge on any atom is 0.177 e. The lowest BCUT2D eigenvalue weighted by molar-refractivity contribution is 0.358. The number of aromatic amines is 1. The SMILES string of the molecule is Cn1cnc(C2=CCC(C)(C3CC3c3nn[nH]n3)C=C2)c1Sc1ccc(Cl)cn1. The zero-order chi connectivity index (χ0) is 20.0. The van der Waals surface area contributed by atoms with Gasteiger partial charge in [-0.3, -0.25) is 0 Å². The molecule has 148 valence electrons. The Morgan fingerprint density at radius 2 is 2.21 bits per heavy atom. The number of halogens is 1. The predicted octanol–water partition coefficient (Wildman–Crippen LogP) is 4.29. The van der Waals surface area contributed by atoms with Crippen LogP contribution in [0.2, 0.25) is 5.02 Å². The summed E-state index contributed by atoms with van der Waals surface area (Å²) >= 11 is 7.55. The monoisotopic (exact) mass is 425 g/mol. The van der Waals surface area contributed by atoms with Gasteiger partial charge in [-0.1, -0.05) is 42.0 Å². The molecule has 2 aliphatic carbocycles. The fourth-order valence-electron chi connectivity index (χ4n) is 3.99. The molecule has 7 nitrogen and oxygen atoms in total. The van der Waals surface area contributed by atoms with Crippen LogP contribution in [0.1, 0.15) is 37.2 Å². The van der Waals surface area contributed by atoms with E-state index in [1.54, 1.807) is 18.0 Å². The molecular weight excluding hydrogens is 406 g/mol. The van der Waals surface area contributed by atoms with Crippen LogP contribution in [0.5, 0.6) is 0 Å². The number of tetrazole rings is 1. The van der Waals surface area contributed by atoms with Crippen LogP contribution >= 0.6 is 23.4 Å². The Bertz CT molecular complexity index is 1090. The number of hydrogen-bond acceptors (Lipinski definition) is 6. The zero-order valence-corrected chi connectivity index (χ0v) is 17.7. The van der Waals surface area contributed by atoms with Crippen molar-refractivity contribution in [2.24, 2.45) is 18.4 Å². The topological polar surface area (TPSA) is 85.2 Å². The van der Waals surface area contributed by atoms with Crippen molar-refractivity contribution in [1.29, 1.82) is 0 Å². The summed E-state index contributed by atoms with van der Waals surface area (Å²) in [5.41, 5.74) is 2.24. The van der Waals surface area contributed by atoms with Crippen LogP contribution in [0.15, 0.2) is 52.9 Å². The summed E-state index contributed by atoms with van der Waals surface area (Å²) in [5, 5.41) is 17.2. The Morgan fingerprint density at radius 3 is 2.90 bits per heavy atom. The predicted molar refractivity (Wildman–Crippen MR) is 111 cm³/mol. The smallest absolute Gasteiger partial charge is 0.177 e. The van der Waals surface area contributed by atoms with Crippen LogP contribution in [-0.4, -0.2) is 35.2 Å². The molecular formula is C20H20ClN7S. The van der Waals surface area contributed by atoms with E-state index < -0.39 is 0 Å². The van der Waals surface area contributed by atoms with Crippen molar-refractivity contribution in [2.75, 3.05) is 0 Å². The second-order valence-corrected chi connectivity index (χ2v) is 9.29. The minimum absolute atomic E-state index is 0.106. The van der Waals surface area contributed by atoms with E-state index in [0.717, 1.165) is 40.0 Å². The molecule has 0 saturated heterocycles. The first-order valence-electron chi connectivity index (χ1n) is 9.47. The number of rotatable bonds is 5. The number of aromatic nitrogens is 7. The summed E-state index contributed by atoms with van der Waals surface area (Å²) in [6, 6.07) is 3.78. The molecule has 5 rings (SSSR count). The maximum atomic E-state index is 5.96. The van der Waals surface area contributed by atoms with Crippen molar-refractivity contribution in [3.05, 3.63) is 59.4 Å².